The SMILES string of the molecule is CC(C)(C)c1ccc(C#Cc2ccc(C(=O)N3CCC(O)CC3)cc2)cc1. The quantitative estimate of drug-likeness (QED) is 0.781. The third kappa shape index (κ3) is 4.99. The van der Waals surface area contributed by atoms with Crippen LogP contribution >= 0.6 is 0 Å². The molecular weight excluding hydrogens is 334 g/mol. The Balaban J connectivity index is 1.66. The third-order valence-corrected chi connectivity index (χ3v) is 4.99. The summed E-state index contributed by atoms with van der Waals surface area (Å²) in [5.74, 6) is 6.37. The number of amides is 1. The van der Waals surface area contributed by atoms with E-state index in [0.29, 0.717) is 31.5 Å². The molecule has 3 heteroatoms. The maximum absolute atomic E-state index is 12.5. The fourth-order valence-corrected chi connectivity index (χ4v) is 3.15. The van der Waals surface area contributed by atoms with Crippen LogP contribution in [0.25, 0.3) is 0 Å². The van der Waals surface area contributed by atoms with Crippen molar-refractivity contribution in [3.63, 3.8) is 0 Å². The summed E-state index contributed by atoms with van der Waals surface area (Å²) in [6, 6.07) is 15.8. The summed E-state index contributed by atoms with van der Waals surface area (Å²) in [4.78, 5) is 14.3. The van der Waals surface area contributed by atoms with Gasteiger partial charge in [-0.2, -0.15) is 0 Å². The first-order chi connectivity index (χ1) is 12.8. The van der Waals surface area contributed by atoms with Gasteiger partial charge in [0.2, 0.25) is 0 Å². The second kappa shape index (κ2) is 7.98. The van der Waals surface area contributed by atoms with Gasteiger partial charge >= 0.3 is 0 Å². The van der Waals surface area contributed by atoms with Crippen molar-refractivity contribution in [2.45, 2.75) is 45.1 Å². The van der Waals surface area contributed by atoms with Crippen molar-refractivity contribution in [3.8, 4) is 11.8 Å². The molecule has 1 amide bonds. The van der Waals surface area contributed by atoms with E-state index in [1.54, 1.807) is 0 Å². The minimum atomic E-state index is -0.274. The van der Waals surface area contributed by atoms with E-state index >= 15 is 0 Å². The molecule has 0 bridgehead atoms. The number of benzene rings is 2. The van der Waals surface area contributed by atoms with Crippen molar-refractivity contribution < 1.29 is 9.90 Å². The standard InChI is InChI=1S/C24H27NO2/c1-24(2,3)21-12-8-19(9-13-21)5-4-18-6-10-20(11-7-18)23(27)25-16-14-22(26)15-17-25/h6-13,22,26H,14-17H2,1-3H3. The molecule has 1 N–H and O–H groups in total. The summed E-state index contributed by atoms with van der Waals surface area (Å²) < 4.78 is 0. The zero-order valence-electron chi connectivity index (χ0n) is 16.3. The lowest BCUT2D eigenvalue weighted by Gasteiger charge is -2.29. The highest BCUT2D eigenvalue weighted by molar-refractivity contribution is 5.94. The van der Waals surface area contributed by atoms with Crippen LogP contribution in [0.2, 0.25) is 0 Å². The minimum Gasteiger partial charge on any atom is -0.393 e. The lowest BCUT2D eigenvalue weighted by molar-refractivity contribution is 0.0546. The van der Waals surface area contributed by atoms with E-state index in [-0.39, 0.29) is 17.4 Å². The maximum Gasteiger partial charge on any atom is 0.253 e. The molecule has 0 aliphatic carbocycles. The van der Waals surface area contributed by atoms with Crippen molar-refractivity contribution in [3.05, 3.63) is 70.8 Å². The molecule has 3 nitrogen and oxygen atoms in total. The highest BCUT2D eigenvalue weighted by Crippen LogP contribution is 2.22. The molecule has 1 saturated heterocycles. The Hall–Kier alpha value is -2.57. The number of hydrogen-bond acceptors (Lipinski definition) is 2. The molecule has 0 spiro atoms. The number of aliphatic hydroxyl groups is 1. The Kier molecular flexibility index (Phi) is 5.68. The Morgan fingerprint density at radius 2 is 1.41 bits per heavy atom. The van der Waals surface area contributed by atoms with E-state index in [4.69, 9.17) is 0 Å². The molecular formula is C24H27NO2. The molecule has 1 heterocycles. The van der Waals surface area contributed by atoms with Gasteiger partial charge in [0.05, 0.1) is 6.10 Å². The van der Waals surface area contributed by atoms with Crippen molar-refractivity contribution in [1.82, 2.24) is 4.90 Å². The summed E-state index contributed by atoms with van der Waals surface area (Å²) in [5, 5.41) is 9.57. The predicted octanol–water partition coefficient (Wildman–Crippen LogP) is 3.98. The molecule has 0 saturated carbocycles. The van der Waals surface area contributed by atoms with Gasteiger partial charge in [-0.05, 0) is 60.2 Å². The summed E-state index contributed by atoms with van der Waals surface area (Å²) in [6.07, 6.45) is 1.04. The number of nitrogens with zero attached hydrogens (tertiary/aromatic N) is 1. The van der Waals surface area contributed by atoms with Gasteiger partial charge in [-0.25, -0.2) is 0 Å². The predicted molar refractivity (Wildman–Crippen MR) is 109 cm³/mol. The first kappa shape index (κ1) is 19.2. The molecule has 140 valence electrons. The van der Waals surface area contributed by atoms with Gasteiger partial charge < -0.3 is 10.0 Å². The fourth-order valence-electron chi connectivity index (χ4n) is 3.15. The Labute approximate surface area is 162 Å². The van der Waals surface area contributed by atoms with Crippen LogP contribution in [0.4, 0.5) is 0 Å². The Morgan fingerprint density at radius 1 is 0.926 bits per heavy atom. The zero-order valence-corrected chi connectivity index (χ0v) is 16.3. The van der Waals surface area contributed by atoms with Crippen molar-refractivity contribution in [2.24, 2.45) is 0 Å². The molecule has 2 aromatic carbocycles. The lowest BCUT2D eigenvalue weighted by atomic mass is 9.87. The number of aliphatic hydroxyl groups excluding tert-OH is 1. The molecule has 0 radical (unpaired) electrons. The van der Waals surface area contributed by atoms with Crippen LogP contribution in [-0.4, -0.2) is 35.1 Å². The van der Waals surface area contributed by atoms with Crippen molar-refractivity contribution in [1.29, 1.82) is 0 Å². The van der Waals surface area contributed by atoms with E-state index in [1.165, 1.54) is 5.56 Å². The first-order valence-electron chi connectivity index (χ1n) is 9.53. The molecule has 0 unspecified atom stereocenters. The second-order valence-electron chi connectivity index (χ2n) is 8.18. The Bertz CT molecular complexity index is 840. The highest BCUT2D eigenvalue weighted by Gasteiger charge is 2.22. The van der Waals surface area contributed by atoms with E-state index in [9.17, 15) is 9.90 Å². The number of rotatable bonds is 1. The van der Waals surface area contributed by atoms with Gasteiger partial charge in [0.1, 0.15) is 0 Å². The normalized spacial score (nSPS) is 15.2. The second-order valence-corrected chi connectivity index (χ2v) is 8.18. The molecule has 1 aliphatic heterocycles. The average Bonchev–Trinajstić information content (AvgIpc) is 2.66. The molecule has 27 heavy (non-hydrogen) atoms. The molecule has 1 fully saturated rings. The lowest BCUT2D eigenvalue weighted by Crippen LogP contribution is -2.40. The largest absolute Gasteiger partial charge is 0.393 e. The summed E-state index contributed by atoms with van der Waals surface area (Å²) in [5.41, 5.74) is 3.98. The fraction of sp³-hybridized carbons (Fsp3) is 0.375. The van der Waals surface area contributed by atoms with Crippen molar-refractivity contribution >= 4 is 5.91 Å². The van der Waals surface area contributed by atoms with Crippen LogP contribution in [0, 0.1) is 11.8 Å². The van der Waals surface area contributed by atoms with E-state index in [2.05, 4.69) is 56.9 Å². The maximum atomic E-state index is 12.5. The molecule has 0 atom stereocenters. The van der Waals surface area contributed by atoms with E-state index < -0.39 is 0 Å². The van der Waals surface area contributed by atoms with Gasteiger partial charge in [0.15, 0.2) is 0 Å². The average molecular weight is 361 g/mol. The Morgan fingerprint density at radius 3 is 1.89 bits per heavy atom. The first-order valence-corrected chi connectivity index (χ1v) is 9.53. The van der Waals surface area contributed by atoms with Gasteiger partial charge in [-0.3, -0.25) is 4.79 Å². The third-order valence-electron chi connectivity index (χ3n) is 4.99. The van der Waals surface area contributed by atoms with Crippen LogP contribution in [0.3, 0.4) is 0 Å². The van der Waals surface area contributed by atoms with Crippen LogP contribution in [0.5, 0.6) is 0 Å². The number of carbonyl (C=O) groups excluding carboxylic acids is 1. The molecule has 2 aromatic rings. The molecule has 0 aromatic heterocycles. The van der Waals surface area contributed by atoms with Gasteiger partial charge in [0.25, 0.3) is 5.91 Å². The number of hydrogen-bond donors (Lipinski definition) is 1. The summed E-state index contributed by atoms with van der Waals surface area (Å²) in [7, 11) is 0. The van der Waals surface area contributed by atoms with Gasteiger partial charge in [-0.15, -0.1) is 0 Å². The van der Waals surface area contributed by atoms with E-state index in [1.807, 2.05) is 29.2 Å². The van der Waals surface area contributed by atoms with Gasteiger partial charge in [0, 0.05) is 29.8 Å². The monoisotopic (exact) mass is 361 g/mol. The van der Waals surface area contributed by atoms with Crippen LogP contribution < -0.4 is 0 Å². The van der Waals surface area contributed by atoms with Crippen molar-refractivity contribution in [2.75, 3.05) is 13.1 Å². The zero-order chi connectivity index (χ0) is 19.4. The van der Waals surface area contributed by atoms with Gasteiger partial charge in [-0.1, -0.05) is 44.7 Å². The summed E-state index contributed by atoms with van der Waals surface area (Å²) in [6.45, 7) is 7.83. The smallest absolute Gasteiger partial charge is 0.253 e. The number of carbonyl (C=O) groups is 1. The highest BCUT2D eigenvalue weighted by atomic mass is 16.3. The minimum absolute atomic E-state index is 0.0270. The van der Waals surface area contributed by atoms with Crippen LogP contribution in [-0.2, 0) is 5.41 Å². The topological polar surface area (TPSA) is 40.5 Å². The molecule has 3 rings (SSSR count). The summed E-state index contributed by atoms with van der Waals surface area (Å²) >= 11 is 0. The van der Waals surface area contributed by atoms with E-state index in [0.717, 1.165) is 11.1 Å². The number of likely N-dealkylation sites (tertiary alicyclic amines) is 1. The molecule has 1 aliphatic rings. The van der Waals surface area contributed by atoms with Crippen LogP contribution in [0.15, 0.2) is 48.5 Å². The van der Waals surface area contributed by atoms with Crippen LogP contribution in [0.1, 0.15) is 60.7 Å². The number of piperidine rings is 1.